The Balaban J connectivity index is 2.19. The fourth-order valence-corrected chi connectivity index (χ4v) is 1.59. The molecule has 4 nitrogen and oxygen atoms in total. The number of hydrogen-bond acceptors (Lipinski definition) is 3. The highest BCUT2D eigenvalue weighted by Gasteiger charge is 2.32. The number of anilines is 1. The third kappa shape index (κ3) is 4.13. The molecule has 0 saturated carbocycles. The number of halogens is 3. The molecule has 0 heterocycles. The van der Waals surface area contributed by atoms with Crippen molar-refractivity contribution >= 4 is 11.6 Å². The smallest absolute Gasteiger partial charge is 0.508 e. The number of phenolic OH excluding ortho intramolecular Hbond substituents is 1. The average Bonchev–Trinajstić information content (AvgIpc) is 2.40. The van der Waals surface area contributed by atoms with Gasteiger partial charge >= 0.3 is 6.36 Å². The molecule has 2 N–H and O–H groups in total. The number of aromatic hydroxyl groups is 1. The predicted octanol–water partition coefficient (Wildman–Crippen LogP) is 3.54. The lowest BCUT2D eigenvalue weighted by molar-refractivity contribution is -0.274. The van der Waals surface area contributed by atoms with Gasteiger partial charge in [-0.2, -0.15) is 0 Å². The van der Waals surface area contributed by atoms with Crippen molar-refractivity contribution < 1.29 is 27.8 Å². The molecule has 2 rings (SSSR count). The standard InChI is InChI=1S/C14H10F3NO3/c15-14(16,17)21-12-4-2-1-3-11(12)18-13(20)9-5-7-10(19)8-6-9/h1-8,19H,(H,18,20). The summed E-state index contributed by atoms with van der Waals surface area (Å²) in [4.78, 5) is 11.9. The number of para-hydroxylation sites is 2. The molecule has 0 aliphatic carbocycles. The fourth-order valence-electron chi connectivity index (χ4n) is 1.59. The van der Waals surface area contributed by atoms with E-state index in [2.05, 4.69) is 10.1 Å². The molecule has 0 saturated heterocycles. The minimum Gasteiger partial charge on any atom is -0.508 e. The second-order valence-corrected chi connectivity index (χ2v) is 4.04. The molecule has 0 aliphatic heterocycles. The van der Waals surface area contributed by atoms with Gasteiger partial charge in [-0.25, -0.2) is 0 Å². The molecule has 0 spiro atoms. The van der Waals surface area contributed by atoms with Crippen LogP contribution in [0.25, 0.3) is 0 Å². The monoisotopic (exact) mass is 297 g/mol. The summed E-state index contributed by atoms with van der Waals surface area (Å²) in [7, 11) is 0. The minimum absolute atomic E-state index is 0.0210. The Kier molecular flexibility index (Phi) is 4.02. The van der Waals surface area contributed by atoms with Gasteiger partial charge in [0.05, 0.1) is 5.69 Å². The van der Waals surface area contributed by atoms with Crippen LogP contribution in [0.15, 0.2) is 48.5 Å². The molecule has 0 bridgehead atoms. The van der Waals surface area contributed by atoms with E-state index in [4.69, 9.17) is 5.11 Å². The van der Waals surface area contributed by atoms with Crippen LogP contribution in [0.4, 0.5) is 18.9 Å². The molecule has 0 aromatic heterocycles. The predicted molar refractivity (Wildman–Crippen MR) is 69.2 cm³/mol. The molecule has 2 aromatic rings. The van der Waals surface area contributed by atoms with E-state index >= 15 is 0 Å². The SMILES string of the molecule is O=C(Nc1ccccc1OC(F)(F)F)c1ccc(O)cc1. The van der Waals surface area contributed by atoms with Crippen LogP contribution in [0.5, 0.6) is 11.5 Å². The van der Waals surface area contributed by atoms with E-state index in [0.717, 1.165) is 6.07 Å². The van der Waals surface area contributed by atoms with E-state index in [1.165, 1.54) is 42.5 Å². The van der Waals surface area contributed by atoms with Crippen molar-refractivity contribution in [2.75, 3.05) is 5.32 Å². The molecule has 7 heteroatoms. The van der Waals surface area contributed by atoms with E-state index in [1.54, 1.807) is 0 Å². The van der Waals surface area contributed by atoms with Gasteiger partial charge in [0.25, 0.3) is 5.91 Å². The number of amides is 1. The van der Waals surface area contributed by atoms with Crippen molar-refractivity contribution in [2.24, 2.45) is 0 Å². The van der Waals surface area contributed by atoms with Crippen molar-refractivity contribution in [3.05, 3.63) is 54.1 Å². The van der Waals surface area contributed by atoms with Crippen LogP contribution in [0.2, 0.25) is 0 Å². The van der Waals surface area contributed by atoms with E-state index in [-0.39, 0.29) is 17.0 Å². The first-order valence-corrected chi connectivity index (χ1v) is 5.80. The number of nitrogens with one attached hydrogen (secondary N) is 1. The van der Waals surface area contributed by atoms with Gasteiger partial charge in [-0.15, -0.1) is 13.2 Å². The molecular formula is C14H10F3NO3. The summed E-state index contributed by atoms with van der Waals surface area (Å²) in [6, 6.07) is 10.5. The number of ether oxygens (including phenoxy) is 1. The van der Waals surface area contributed by atoms with Crippen molar-refractivity contribution in [2.45, 2.75) is 6.36 Å². The van der Waals surface area contributed by atoms with Gasteiger partial charge in [0.1, 0.15) is 5.75 Å². The highest BCUT2D eigenvalue weighted by atomic mass is 19.4. The van der Waals surface area contributed by atoms with Crippen LogP contribution in [-0.4, -0.2) is 17.4 Å². The number of phenols is 1. The number of benzene rings is 2. The zero-order valence-corrected chi connectivity index (χ0v) is 10.5. The summed E-state index contributed by atoms with van der Waals surface area (Å²) >= 11 is 0. The van der Waals surface area contributed by atoms with Gasteiger partial charge in [0.15, 0.2) is 5.75 Å². The second-order valence-electron chi connectivity index (χ2n) is 4.04. The largest absolute Gasteiger partial charge is 0.573 e. The van der Waals surface area contributed by atoms with E-state index in [0.29, 0.717) is 0 Å². The maximum atomic E-state index is 12.3. The molecule has 0 radical (unpaired) electrons. The number of alkyl halides is 3. The van der Waals surface area contributed by atoms with Gasteiger partial charge in [-0.1, -0.05) is 12.1 Å². The Morgan fingerprint density at radius 3 is 2.29 bits per heavy atom. The van der Waals surface area contributed by atoms with Crippen molar-refractivity contribution in [1.82, 2.24) is 0 Å². The summed E-state index contributed by atoms with van der Waals surface area (Å²) in [5.41, 5.74) is 0.0857. The Morgan fingerprint density at radius 2 is 1.67 bits per heavy atom. The first-order valence-electron chi connectivity index (χ1n) is 5.80. The number of carbonyl (C=O) groups is 1. The summed E-state index contributed by atoms with van der Waals surface area (Å²) < 4.78 is 40.6. The van der Waals surface area contributed by atoms with E-state index in [1.807, 2.05) is 0 Å². The van der Waals surface area contributed by atoms with E-state index < -0.39 is 18.0 Å². The zero-order chi connectivity index (χ0) is 15.5. The molecule has 1 amide bonds. The number of rotatable bonds is 3. The van der Waals surface area contributed by atoms with Gasteiger partial charge in [-0.3, -0.25) is 4.79 Å². The highest BCUT2D eigenvalue weighted by Crippen LogP contribution is 2.30. The quantitative estimate of drug-likeness (QED) is 0.911. The van der Waals surface area contributed by atoms with Crippen LogP contribution in [0.1, 0.15) is 10.4 Å². The molecule has 0 fully saturated rings. The molecule has 0 unspecified atom stereocenters. The molecular weight excluding hydrogens is 287 g/mol. The summed E-state index contributed by atoms with van der Waals surface area (Å²) in [6.07, 6.45) is -4.85. The first kappa shape index (κ1) is 14.7. The normalized spacial score (nSPS) is 11.0. The van der Waals surface area contributed by atoms with Gasteiger partial charge < -0.3 is 15.2 Å². The van der Waals surface area contributed by atoms with Gasteiger partial charge in [0.2, 0.25) is 0 Å². The Bertz CT molecular complexity index is 639. The van der Waals surface area contributed by atoms with Crippen molar-refractivity contribution in [3.63, 3.8) is 0 Å². The first-order chi connectivity index (χ1) is 9.85. The van der Waals surface area contributed by atoms with Crippen LogP contribution in [0, 0.1) is 0 Å². The number of carbonyl (C=O) groups excluding carboxylic acids is 1. The van der Waals surface area contributed by atoms with Gasteiger partial charge in [0, 0.05) is 5.56 Å². The van der Waals surface area contributed by atoms with Crippen LogP contribution < -0.4 is 10.1 Å². The summed E-state index contributed by atoms with van der Waals surface area (Å²) in [6.45, 7) is 0. The van der Waals surface area contributed by atoms with Crippen LogP contribution >= 0.6 is 0 Å². The topological polar surface area (TPSA) is 58.6 Å². The zero-order valence-electron chi connectivity index (χ0n) is 10.5. The Morgan fingerprint density at radius 1 is 1.05 bits per heavy atom. The molecule has 0 atom stereocenters. The summed E-state index contributed by atoms with van der Waals surface area (Å²) in [5.74, 6) is -1.14. The second kappa shape index (κ2) is 5.74. The lowest BCUT2D eigenvalue weighted by Gasteiger charge is -2.13. The van der Waals surface area contributed by atoms with Crippen molar-refractivity contribution in [3.8, 4) is 11.5 Å². The summed E-state index contributed by atoms with van der Waals surface area (Å²) in [5, 5.41) is 11.4. The van der Waals surface area contributed by atoms with Crippen LogP contribution in [-0.2, 0) is 0 Å². The lowest BCUT2D eigenvalue weighted by Crippen LogP contribution is -2.19. The highest BCUT2D eigenvalue weighted by molar-refractivity contribution is 6.05. The fraction of sp³-hybridized carbons (Fsp3) is 0.0714. The Hall–Kier alpha value is -2.70. The third-order valence-electron chi connectivity index (χ3n) is 2.49. The third-order valence-corrected chi connectivity index (χ3v) is 2.49. The maximum Gasteiger partial charge on any atom is 0.573 e. The maximum absolute atomic E-state index is 12.3. The number of hydrogen-bond donors (Lipinski definition) is 2. The average molecular weight is 297 g/mol. The molecule has 21 heavy (non-hydrogen) atoms. The molecule has 2 aromatic carbocycles. The van der Waals surface area contributed by atoms with Crippen molar-refractivity contribution in [1.29, 1.82) is 0 Å². The van der Waals surface area contributed by atoms with Gasteiger partial charge in [-0.05, 0) is 36.4 Å². The Labute approximate surface area is 117 Å². The molecule has 0 aliphatic rings. The van der Waals surface area contributed by atoms with E-state index in [9.17, 15) is 18.0 Å². The lowest BCUT2D eigenvalue weighted by atomic mass is 10.2. The molecule has 110 valence electrons. The minimum atomic E-state index is -4.85. The van der Waals surface area contributed by atoms with Crippen LogP contribution in [0.3, 0.4) is 0 Å².